The zero-order valence-corrected chi connectivity index (χ0v) is 12.0. The molecule has 1 saturated heterocycles. The van der Waals surface area contributed by atoms with Gasteiger partial charge in [0.05, 0.1) is 18.3 Å². The molecule has 5 heteroatoms. The first-order valence-electron chi connectivity index (χ1n) is 7.26. The lowest BCUT2D eigenvalue weighted by Gasteiger charge is -2.10. The van der Waals surface area contributed by atoms with Crippen molar-refractivity contribution in [3.05, 3.63) is 29.6 Å². The average Bonchev–Trinajstić information content (AvgIpc) is 3.01. The van der Waals surface area contributed by atoms with Crippen LogP contribution in [0.4, 0.5) is 0 Å². The largest absolute Gasteiger partial charge is 0.395 e. The Balaban J connectivity index is 1.90. The number of nitrogens with one attached hydrogen (secondary N) is 1. The van der Waals surface area contributed by atoms with Crippen molar-refractivity contribution in [2.24, 2.45) is 0 Å². The van der Waals surface area contributed by atoms with Gasteiger partial charge in [0.2, 0.25) is 0 Å². The van der Waals surface area contributed by atoms with Gasteiger partial charge in [-0.15, -0.1) is 0 Å². The molecular weight excluding hydrogens is 268 g/mol. The smallest absolute Gasteiger partial charge is 0.271 e. The molecule has 0 aromatic carbocycles. The molecule has 2 heterocycles. The lowest BCUT2D eigenvalue weighted by Crippen LogP contribution is -2.28. The molecule has 1 amide bonds. The Morgan fingerprint density at radius 2 is 2.48 bits per heavy atom. The van der Waals surface area contributed by atoms with E-state index in [1.165, 1.54) is 0 Å². The minimum atomic E-state index is -0.220. The summed E-state index contributed by atoms with van der Waals surface area (Å²) < 4.78 is 5.52. The van der Waals surface area contributed by atoms with Crippen LogP contribution in [0.3, 0.4) is 0 Å². The maximum atomic E-state index is 12.1. The summed E-state index contributed by atoms with van der Waals surface area (Å²) in [6.07, 6.45) is 5.21. The van der Waals surface area contributed by atoms with E-state index in [-0.39, 0.29) is 18.6 Å². The van der Waals surface area contributed by atoms with Crippen LogP contribution in [0.5, 0.6) is 0 Å². The van der Waals surface area contributed by atoms with Crippen LogP contribution in [0, 0.1) is 11.8 Å². The molecule has 1 aromatic rings. The number of ether oxygens (including phenoxy) is 1. The molecule has 1 atom stereocenters. The van der Waals surface area contributed by atoms with Crippen LogP contribution in [0.1, 0.15) is 41.7 Å². The van der Waals surface area contributed by atoms with E-state index in [9.17, 15) is 4.79 Å². The molecule has 0 aliphatic carbocycles. The fourth-order valence-corrected chi connectivity index (χ4v) is 2.20. The number of aliphatic hydroxyl groups is 1. The Hall–Kier alpha value is -1.90. The fraction of sp³-hybridized carbons (Fsp3) is 0.500. The minimum absolute atomic E-state index is 0.0101. The second kappa shape index (κ2) is 8.40. The predicted molar refractivity (Wildman–Crippen MR) is 78.7 cm³/mol. The number of nitrogens with zero attached hydrogens (tertiary/aromatic N) is 1. The molecule has 0 spiro atoms. The lowest BCUT2D eigenvalue weighted by atomic mass is 10.1. The van der Waals surface area contributed by atoms with Gasteiger partial charge in [0.1, 0.15) is 5.69 Å². The highest BCUT2D eigenvalue weighted by molar-refractivity contribution is 5.94. The standard InChI is InChI=1S/C16H20N2O3/c19-11-2-1-5-13-6-3-9-17-15(13)16(20)18-10-8-14-7-4-12-21-14/h3,6,9,14,19H,2,4,7-8,10-12H2,(H,18,20). The monoisotopic (exact) mass is 288 g/mol. The third kappa shape index (κ3) is 4.85. The molecule has 0 radical (unpaired) electrons. The summed E-state index contributed by atoms with van der Waals surface area (Å²) >= 11 is 0. The number of hydrogen-bond acceptors (Lipinski definition) is 4. The van der Waals surface area contributed by atoms with Crippen LogP contribution in [0.15, 0.2) is 18.3 Å². The van der Waals surface area contributed by atoms with Crippen LogP contribution in [-0.4, -0.2) is 41.9 Å². The van der Waals surface area contributed by atoms with Crippen LogP contribution in [0.2, 0.25) is 0 Å². The maximum Gasteiger partial charge on any atom is 0.271 e. The summed E-state index contributed by atoms with van der Waals surface area (Å²) in [7, 11) is 0. The molecule has 1 unspecified atom stereocenters. The van der Waals surface area contributed by atoms with Crippen molar-refractivity contribution >= 4 is 5.91 Å². The molecule has 1 aromatic heterocycles. The van der Waals surface area contributed by atoms with Gasteiger partial charge < -0.3 is 15.2 Å². The van der Waals surface area contributed by atoms with E-state index in [4.69, 9.17) is 9.84 Å². The van der Waals surface area contributed by atoms with Crippen molar-refractivity contribution in [2.45, 2.75) is 31.8 Å². The summed E-state index contributed by atoms with van der Waals surface area (Å²) in [5, 5.41) is 11.6. The van der Waals surface area contributed by atoms with Gasteiger partial charge in [-0.3, -0.25) is 4.79 Å². The molecule has 0 saturated carbocycles. The average molecular weight is 288 g/mol. The lowest BCUT2D eigenvalue weighted by molar-refractivity contribution is 0.0903. The van der Waals surface area contributed by atoms with Gasteiger partial charge >= 0.3 is 0 Å². The van der Waals surface area contributed by atoms with Crippen molar-refractivity contribution in [3.8, 4) is 11.8 Å². The molecular formula is C16H20N2O3. The predicted octanol–water partition coefficient (Wildman–Crippen LogP) is 1.11. The molecule has 21 heavy (non-hydrogen) atoms. The quantitative estimate of drug-likeness (QED) is 0.796. The number of aliphatic hydroxyl groups excluding tert-OH is 1. The highest BCUT2D eigenvalue weighted by Crippen LogP contribution is 2.14. The normalized spacial score (nSPS) is 17.1. The molecule has 1 aliphatic heterocycles. The first-order chi connectivity index (χ1) is 10.3. The van der Waals surface area contributed by atoms with E-state index >= 15 is 0 Å². The van der Waals surface area contributed by atoms with Crippen molar-refractivity contribution < 1.29 is 14.6 Å². The van der Waals surface area contributed by atoms with Gasteiger partial charge in [0.15, 0.2) is 0 Å². The second-order valence-corrected chi connectivity index (χ2v) is 4.85. The highest BCUT2D eigenvalue weighted by Gasteiger charge is 2.16. The molecule has 5 nitrogen and oxygen atoms in total. The third-order valence-corrected chi connectivity index (χ3v) is 3.26. The van der Waals surface area contributed by atoms with Crippen LogP contribution < -0.4 is 5.32 Å². The molecule has 2 N–H and O–H groups in total. The van der Waals surface area contributed by atoms with Gasteiger partial charge in [0.25, 0.3) is 5.91 Å². The summed E-state index contributed by atoms with van der Waals surface area (Å²) in [5.41, 5.74) is 0.913. The van der Waals surface area contributed by atoms with Crippen molar-refractivity contribution in [3.63, 3.8) is 0 Å². The number of carbonyl (C=O) groups excluding carboxylic acids is 1. The Morgan fingerprint density at radius 1 is 1.57 bits per heavy atom. The van der Waals surface area contributed by atoms with Crippen molar-refractivity contribution in [2.75, 3.05) is 19.8 Å². The number of amides is 1. The Morgan fingerprint density at radius 3 is 3.24 bits per heavy atom. The summed E-state index contributed by atoms with van der Waals surface area (Å²) in [5.74, 6) is 5.46. The van der Waals surface area contributed by atoms with Crippen molar-refractivity contribution in [1.29, 1.82) is 0 Å². The van der Waals surface area contributed by atoms with Crippen molar-refractivity contribution in [1.82, 2.24) is 10.3 Å². The maximum absolute atomic E-state index is 12.1. The number of aromatic nitrogens is 1. The zero-order valence-electron chi connectivity index (χ0n) is 12.0. The molecule has 1 fully saturated rings. The van der Waals surface area contributed by atoms with Gasteiger partial charge in [0, 0.05) is 25.8 Å². The van der Waals surface area contributed by atoms with E-state index in [2.05, 4.69) is 22.1 Å². The number of rotatable bonds is 5. The van der Waals surface area contributed by atoms with Gasteiger partial charge in [-0.1, -0.05) is 11.8 Å². The molecule has 0 bridgehead atoms. The first kappa shape index (κ1) is 15.5. The summed E-state index contributed by atoms with van der Waals surface area (Å²) in [6, 6.07) is 3.50. The van der Waals surface area contributed by atoms with Crippen LogP contribution in [-0.2, 0) is 4.74 Å². The van der Waals surface area contributed by atoms with Gasteiger partial charge in [-0.25, -0.2) is 4.98 Å². The van der Waals surface area contributed by atoms with Gasteiger partial charge in [-0.2, -0.15) is 0 Å². The zero-order chi connectivity index (χ0) is 14.9. The number of hydrogen-bond donors (Lipinski definition) is 2. The minimum Gasteiger partial charge on any atom is -0.395 e. The van der Waals surface area contributed by atoms with E-state index in [1.807, 2.05) is 0 Å². The number of pyridine rings is 1. The second-order valence-electron chi connectivity index (χ2n) is 4.85. The van der Waals surface area contributed by atoms with E-state index in [1.54, 1.807) is 18.3 Å². The van der Waals surface area contributed by atoms with Gasteiger partial charge in [-0.05, 0) is 31.4 Å². The number of carbonyl (C=O) groups is 1. The van der Waals surface area contributed by atoms with E-state index in [0.29, 0.717) is 24.2 Å². The van der Waals surface area contributed by atoms with E-state index in [0.717, 1.165) is 25.9 Å². The van der Waals surface area contributed by atoms with Crippen LogP contribution in [0.25, 0.3) is 0 Å². The third-order valence-electron chi connectivity index (χ3n) is 3.26. The first-order valence-corrected chi connectivity index (χ1v) is 7.26. The molecule has 112 valence electrons. The fourth-order valence-electron chi connectivity index (χ4n) is 2.20. The molecule has 1 aliphatic rings. The summed E-state index contributed by atoms with van der Waals surface area (Å²) in [6.45, 7) is 1.41. The Kier molecular flexibility index (Phi) is 6.20. The highest BCUT2D eigenvalue weighted by atomic mass is 16.5. The summed E-state index contributed by atoms with van der Waals surface area (Å²) in [4.78, 5) is 16.2. The Bertz CT molecular complexity index is 528. The topological polar surface area (TPSA) is 71.5 Å². The SMILES string of the molecule is O=C(NCCC1CCCO1)c1ncccc1C#CCCO. The molecule has 2 rings (SSSR count). The van der Waals surface area contributed by atoms with Crippen LogP contribution >= 0.6 is 0 Å². The van der Waals surface area contributed by atoms with E-state index < -0.39 is 0 Å². The Labute approximate surface area is 124 Å².